The van der Waals surface area contributed by atoms with Crippen LogP contribution in [0.4, 0.5) is 0 Å². The van der Waals surface area contributed by atoms with Crippen LogP contribution >= 0.6 is 0 Å². The molecule has 7 heteroatoms. The summed E-state index contributed by atoms with van der Waals surface area (Å²) in [7, 11) is 0. The Morgan fingerprint density at radius 2 is 2.31 bits per heavy atom. The average molecular weight is 393 g/mol. The highest BCUT2D eigenvalue weighted by Crippen LogP contribution is 2.23. The van der Waals surface area contributed by atoms with Crippen molar-refractivity contribution in [1.82, 2.24) is 25.3 Å². The summed E-state index contributed by atoms with van der Waals surface area (Å²) in [6, 6.07) is 9.99. The van der Waals surface area contributed by atoms with Crippen molar-refractivity contribution < 1.29 is 9.32 Å². The fraction of sp³-hybridized carbons (Fsp3) is 0.409. The minimum atomic E-state index is -0.0277. The maximum Gasteiger partial charge on any atom is 0.251 e. The number of benzene rings is 1. The summed E-state index contributed by atoms with van der Waals surface area (Å²) in [5, 5.41) is 6.95. The lowest BCUT2D eigenvalue weighted by Gasteiger charge is -2.14. The molecular weight excluding hydrogens is 366 g/mol. The lowest BCUT2D eigenvalue weighted by Crippen LogP contribution is -2.26. The zero-order chi connectivity index (χ0) is 20.1. The zero-order valence-electron chi connectivity index (χ0n) is 16.7. The van der Waals surface area contributed by atoms with Crippen LogP contribution in [0.1, 0.15) is 39.5 Å². The van der Waals surface area contributed by atoms with Crippen molar-refractivity contribution in [3.05, 3.63) is 71.1 Å². The number of rotatable bonds is 8. The van der Waals surface area contributed by atoms with Crippen LogP contribution < -0.4 is 5.32 Å². The molecule has 1 aromatic carbocycles. The fourth-order valence-corrected chi connectivity index (χ4v) is 3.94. The van der Waals surface area contributed by atoms with E-state index in [0.717, 1.165) is 61.6 Å². The van der Waals surface area contributed by atoms with Gasteiger partial charge in [-0.15, -0.1) is 0 Å². The summed E-state index contributed by atoms with van der Waals surface area (Å²) >= 11 is 0. The highest BCUT2D eigenvalue weighted by Gasteiger charge is 2.24. The number of imidazole rings is 1. The molecule has 0 saturated carbocycles. The van der Waals surface area contributed by atoms with Crippen LogP contribution in [0.25, 0.3) is 0 Å². The number of nitrogens with one attached hydrogen (secondary N) is 2. The third-order valence-electron chi connectivity index (χ3n) is 5.37. The van der Waals surface area contributed by atoms with E-state index in [9.17, 15) is 4.79 Å². The summed E-state index contributed by atoms with van der Waals surface area (Å²) < 4.78 is 5.34. The van der Waals surface area contributed by atoms with Gasteiger partial charge in [0.2, 0.25) is 0 Å². The van der Waals surface area contributed by atoms with Crippen LogP contribution in [0.3, 0.4) is 0 Å². The number of aromatic nitrogens is 3. The molecule has 29 heavy (non-hydrogen) atoms. The molecule has 3 aromatic rings. The third kappa shape index (κ3) is 5.32. The van der Waals surface area contributed by atoms with Crippen molar-refractivity contribution in [3.63, 3.8) is 0 Å². The molecule has 152 valence electrons. The molecule has 0 spiro atoms. The van der Waals surface area contributed by atoms with E-state index in [0.29, 0.717) is 12.5 Å². The van der Waals surface area contributed by atoms with Crippen molar-refractivity contribution >= 4 is 5.91 Å². The summed E-state index contributed by atoms with van der Waals surface area (Å²) in [6.45, 7) is 5.46. The van der Waals surface area contributed by atoms with Gasteiger partial charge in [0.25, 0.3) is 5.91 Å². The maximum atomic E-state index is 12.5. The largest absolute Gasteiger partial charge is 0.360 e. The number of carbonyl (C=O) groups is 1. The summed E-state index contributed by atoms with van der Waals surface area (Å²) in [6.07, 6.45) is 6.32. The van der Waals surface area contributed by atoms with Gasteiger partial charge in [-0.1, -0.05) is 17.3 Å². The van der Waals surface area contributed by atoms with Crippen LogP contribution in [0.15, 0.2) is 47.4 Å². The smallest absolute Gasteiger partial charge is 0.251 e. The van der Waals surface area contributed by atoms with E-state index in [1.165, 1.54) is 5.56 Å². The number of amides is 1. The van der Waals surface area contributed by atoms with Crippen molar-refractivity contribution in [1.29, 1.82) is 0 Å². The molecule has 1 fully saturated rings. The molecule has 2 N–H and O–H groups in total. The number of nitrogens with zero attached hydrogens (tertiary/aromatic N) is 3. The summed E-state index contributed by atoms with van der Waals surface area (Å²) in [4.78, 5) is 21.9. The van der Waals surface area contributed by atoms with Gasteiger partial charge in [0.15, 0.2) is 5.76 Å². The Bertz CT molecular complexity index is 934. The molecule has 1 unspecified atom stereocenters. The van der Waals surface area contributed by atoms with Gasteiger partial charge in [-0.3, -0.25) is 9.69 Å². The Kier molecular flexibility index (Phi) is 6.05. The molecule has 0 aliphatic carbocycles. The van der Waals surface area contributed by atoms with E-state index in [2.05, 4.69) is 31.4 Å². The predicted octanol–water partition coefficient (Wildman–Crippen LogP) is 2.74. The van der Waals surface area contributed by atoms with Crippen molar-refractivity contribution in [3.8, 4) is 0 Å². The Morgan fingerprint density at radius 1 is 1.38 bits per heavy atom. The Hall–Kier alpha value is -2.93. The van der Waals surface area contributed by atoms with Crippen LogP contribution in [0.5, 0.6) is 0 Å². The number of hydrogen-bond donors (Lipinski definition) is 2. The second kappa shape index (κ2) is 9.05. The van der Waals surface area contributed by atoms with Crippen molar-refractivity contribution in [2.75, 3.05) is 19.6 Å². The zero-order valence-corrected chi connectivity index (χ0v) is 16.7. The molecular formula is C22H27N5O2. The number of hydrogen-bond acceptors (Lipinski definition) is 5. The number of carbonyl (C=O) groups excluding carboxylic acids is 1. The first-order valence-corrected chi connectivity index (χ1v) is 10.1. The second-order valence-corrected chi connectivity index (χ2v) is 7.81. The minimum absolute atomic E-state index is 0.0277. The van der Waals surface area contributed by atoms with E-state index in [1.54, 1.807) is 12.5 Å². The van der Waals surface area contributed by atoms with Crippen LogP contribution in [-0.4, -0.2) is 45.6 Å². The first-order chi connectivity index (χ1) is 14.2. The molecule has 2 aromatic heterocycles. The second-order valence-electron chi connectivity index (χ2n) is 7.81. The van der Waals surface area contributed by atoms with E-state index in [-0.39, 0.29) is 5.91 Å². The van der Waals surface area contributed by atoms with Gasteiger partial charge in [-0.2, -0.15) is 0 Å². The molecule has 7 nitrogen and oxygen atoms in total. The van der Waals surface area contributed by atoms with Crippen LogP contribution in [0, 0.1) is 12.8 Å². The average Bonchev–Trinajstić information content (AvgIpc) is 3.46. The molecule has 1 aliphatic heterocycles. The van der Waals surface area contributed by atoms with E-state index in [4.69, 9.17) is 4.52 Å². The number of likely N-dealkylation sites (tertiary alicyclic amines) is 1. The van der Waals surface area contributed by atoms with E-state index >= 15 is 0 Å². The first kappa shape index (κ1) is 19.4. The van der Waals surface area contributed by atoms with Gasteiger partial charge in [0.1, 0.15) is 0 Å². The predicted molar refractivity (Wildman–Crippen MR) is 109 cm³/mol. The standard InChI is InChI=1S/C22H27N5O2/c1-16-9-21(29-26-16)14-27-8-6-18(13-27)10-17-3-2-4-19(11-17)22(28)24-7-5-20-12-23-15-25-20/h2-4,9,11-12,15,18H,5-8,10,13-14H2,1H3,(H,23,25)(H,24,28). The van der Waals surface area contributed by atoms with Gasteiger partial charge < -0.3 is 14.8 Å². The monoisotopic (exact) mass is 393 g/mol. The SMILES string of the molecule is Cc1cc(CN2CCC(Cc3cccc(C(=O)NCCc4cnc[nH]4)c3)C2)on1. The summed E-state index contributed by atoms with van der Waals surface area (Å²) in [5.41, 5.74) is 3.88. The Labute approximate surface area is 170 Å². The lowest BCUT2D eigenvalue weighted by atomic mass is 9.97. The van der Waals surface area contributed by atoms with Gasteiger partial charge in [0, 0.05) is 43.0 Å². The van der Waals surface area contributed by atoms with Gasteiger partial charge >= 0.3 is 0 Å². The highest BCUT2D eigenvalue weighted by atomic mass is 16.5. The number of aryl methyl sites for hydroxylation is 1. The maximum absolute atomic E-state index is 12.5. The molecule has 0 radical (unpaired) electrons. The quantitative estimate of drug-likeness (QED) is 0.614. The fourth-order valence-electron chi connectivity index (χ4n) is 3.94. The first-order valence-electron chi connectivity index (χ1n) is 10.1. The molecule has 4 rings (SSSR count). The van der Waals surface area contributed by atoms with E-state index in [1.807, 2.05) is 31.2 Å². The highest BCUT2D eigenvalue weighted by molar-refractivity contribution is 5.94. The minimum Gasteiger partial charge on any atom is -0.360 e. The molecule has 0 bridgehead atoms. The van der Waals surface area contributed by atoms with Crippen molar-refractivity contribution in [2.24, 2.45) is 5.92 Å². The Morgan fingerprint density at radius 3 is 3.10 bits per heavy atom. The van der Waals surface area contributed by atoms with Crippen LogP contribution in [0.2, 0.25) is 0 Å². The molecule has 1 saturated heterocycles. The van der Waals surface area contributed by atoms with Gasteiger partial charge in [-0.05, 0) is 49.9 Å². The molecule has 3 heterocycles. The lowest BCUT2D eigenvalue weighted by molar-refractivity contribution is 0.0954. The molecule has 1 aliphatic rings. The van der Waals surface area contributed by atoms with Gasteiger partial charge in [-0.25, -0.2) is 4.98 Å². The van der Waals surface area contributed by atoms with Crippen molar-refractivity contribution in [2.45, 2.75) is 32.7 Å². The topological polar surface area (TPSA) is 87.0 Å². The van der Waals surface area contributed by atoms with Gasteiger partial charge in [0.05, 0.1) is 18.6 Å². The molecule has 1 amide bonds. The number of aromatic amines is 1. The van der Waals surface area contributed by atoms with E-state index < -0.39 is 0 Å². The third-order valence-corrected chi connectivity index (χ3v) is 5.37. The normalized spacial score (nSPS) is 16.9. The number of H-pyrrole nitrogens is 1. The summed E-state index contributed by atoms with van der Waals surface area (Å²) in [5.74, 6) is 1.50. The molecule has 1 atom stereocenters. The Balaban J connectivity index is 1.26. The van der Waals surface area contributed by atoms with Crippen LogP contribution in [-0.2, 0) is 19.4 Å².